The fourth-order valence-electron chi connectivity index (χ4n) is 3.16. The van der Waals surface area contributed by atoms with Gasteiger partial charge in [-0.05, 0) is 31.9 Å². The smallest absolute Gasteiger partial charge is 0.305 e. The van der Waals surface area contributed by atoms with Gasteiger partial charge in [0.15, 0.2) is 0 Å². The Kier molecular flexibility index (Phi) is 7.29. The maximum Gasteiger partial charge on any atom is 0.305 e. The number of carboxylic acids is 1. The second-order valence-corrected chi connectivity index (χ2v) is 6.73. The molecule has 0 unspecified atom stereocenters. The zero-order valence-corrected chi connectivity index (χ0v) is 15.9. The topological polar surface area (TPSA) is 153 Å². The number of hydrogen-bond acceptors (Lipinski definition) is 6. The molecule has 1 saturated heterocycles. The van der Waals surface area contributed by atoms with Crippen LogP contribution in [0.3, 0.4) is 0 Å². The van der Waals surface area contributed by atoms with E-state index in [0.717, 1.165) is 0 Å². The number of rotatable bonds is 8. The summed E-state index contributed by atoms with van der Waals surface area (Å²) in [4.78, 5) is 60.1. The predicted octanol–water partition coefficient (Wildman–Crippen LogP) is -0.420. The van der Waals surface area contributed by atoms with E-state index in [9.17, 15) is 29.1 Å². The van der Waals surface area contributed by atoms with E-state index in [-0.39, 0.29) is 17.9 Å². The number of carbonyl (C=O) groups is 5. The van der Waals surface area contributed by atoms with Gasteiger partial charge in [-0.15, -0.1) is 0 Å². The van der Waals surface area contributed by atoms with Crippen molar-refractivity contribution in [3.63, 3.8) is 0 Å². The summed E-state index contributed by atoms with van der Waals surface area (Å²) in [7, 11) is 0. The Balaban J connectivity index is 1.96. The number of phenols is 1. The Morgan fingerprint density at radius 1 is 1.31 bits per heavy atom. The largest absolute Gasteiger partial charge is 0.508 e. The number of aromatic hydroxyl groups is 1. The third-order valence-electron chi connectivity index (χ3n) is 4.71. The number of carbonyl (C=O) groups excluding carboxylic acids is 4. The number of aliphatic carboxylic acids is 1. The number of hydrogen-bond donors (Lipinski definition) is 4. The molecule has 0 saturated carbocycles. The summed E-state index contributed by atoms with van der Waals surface area (Å²) in [6.07, 6.45) is 0.726. The molecule has 1 aliphatic heterocycles. The van der Waals surface area contributed by atoms with Gasteiger partial charge in [-0.2, -0.15) is 0 Å². The van der Waals surface area contributed by atoms with Crippen LogP contribution in [0.4, 0.5) is 0 Å². The monoisotopic (exact) mass is 405 g/mol. The summed E-state index contributed by atoms with van der Waals surface area (Å²) in [6.45, 7) is 1.54. The average Bonchev–Trinajstić information content (AvgIpc) is 3.17. The maximum atomic E-state index is 12.5. The Bertz CT molecular complexity index is 824. The van der Waals surface area contributed by atoms with Crippen LogP contribution in [-0.2, 0) is 19.2 Å². The number of aldehydes is 1. The zero-order valence-electron chi connectivity index (χ0n) is 15.9. The quantitative estimate of drug-likeness (QED) is 0.428. The molecule has 2 atom stereocenters. The van der Waals surface area contributed by atoms with Gasteiger partial charge < -0.3 is 30.5 Å². The number of likely N-dealkylation sites (tertiary alicyclic amines) is 1. The SMILES string of the molecule is Cc1c(O)cccc1C(=O)NCC(=O)N1CCC[C@H]1C(=O)N[C@H](C=O)CC(=O)O. The number of nitrogens with one attached hydrogen (secondary N) is 2. The first-order valence-corrected chi connectivity index (χ1v) is 9.08. The van der Waals surface area contributed by atoms with Crippen molar-refractivity contribution in [2.24, 2.45) is 0 Å². The standard InChI is InChI=1S/C19H23N3O7/c1-11-13(4-2-6-15(11)24)18(28)20-9-16(25)22-7-3-5-14(22)19(29)21-12(10-23)8-17(26)27/h2,4,6,10,12,14,24H,3,5,7-9H2,1H3,(H,20,28)(H,21,29)(H,26,27)/t12-,14-/m0/s1. The molecule has 0 aliphatic carbocycles. The number of nitrogens with zero attached hydrogens (tertiary/aromatic N) is 1. The van der Waals surface area contributed by atoms with Crippen LogP contribution in [0.5, 0.6) is 5.75 Å². The third-order valence-corrected chi connectivity index (χ3v) is 4.71. The molecular formula is C19H23N3O7. The normalized spacial score (nSPS) is 16.7. The molecule has 0 aromatic heterocycles. The van der Waals surface area contributed by atoms with E-state index in [0.29, 0.717) is 31.2 Å². The van der Waals surface area contributed by atoms with Gasteiger partial charge >= 0.3 is 5.97 Å². The Morgan fingerprint density at radius 2 is 2.03 bits per heavy atom. The van der Waals surface area contributed by atoms with E-state index in [4.69, 9.17) is 5.11 Å². The Morgan fingerprint density at radius 3 is 2.69 bits per heavy atom. The van der Waals surface area contributed by atoms with Crippen molar-refractivity contribution in [3.8, 4) is 5.75 Å². The van der Waals surface area contributed by atoms with E-state index < -0.39 is 42.2 Å². The summed E-state index contributed by atoms with van der Waals surface area (Å²) in [5, 5.41) is 23.2. The lowest BCUT2D eigenvalue weighted by atomic mass is 10.1. The van der Waals surface area contributed by atoms with Crippen molar-refractivity contribution >= 4 is 30.0 Å². The number of carboxylic acid groups (broad SMARTS) is 1. The minimum Gasteiger partial charge on any atom is -0.508 e. The van der Waals surface area contributed by atoms with E-state index >= 15 is 0 Å². The molecule has 1 aliphatic rings. The molecule has 1 fully saturated rings. The van der Waals surface area contributed by atoms with E-state index in [1.54, 1.807) is 6.92 Å². The Labute approximate surface area is 166 Å². The van der Waals surface area contributed by atoms with Gasteiger partial charge in [-0.1, -0.05) is 6.07 Å². The molecule has 1 aromatic carbocycles. The van der Waals surface area contributed by atoms with Crippen molar-refractivity contribution in [2.45, 2.75) is 38.3 Å². The highest BCUT2D eigenvalue weighted by atomic mass is 16.4. The van der Waals surface area contributed by atoms with Crippen molar-refractivity contribution in [3.05, 3.63) is 29.3 Å². The lowest BCUT2D eigenvalue weighted by Crippen LogP contribution is -2.51. The molecule has 0 spiro atoms. The predicted molar refractivity (Wildman–Crippen MR) is 100 cm³/mol. The lowest BCUT2D eigenvalue weighted by Gasteiger charge is -2.25. The van der Waals surface area contributed by atoms with E-state index in [2.05, 4.69) is 10.6 Å². The third kappa shape index (κ3) is 5.53. The lowest BCUT2D eigenvalue weighted by molar-refractivity contribution is -0.140. The number of amides is 3. The fraction of sp³-hybridized carbons (Fsp3) is 0.421. The molecule has 2 rings (SSSR count). The van der Waals surface area contributed by atoms with Gasteiger partial charge in [-0.25, -0.2) is 0 Å². The van der Waals surface area contributed by atoms with Gasteiger partial charge in [0.25, 0.3) is 5.91 Å². The van der Waals surface area contributed by atoms with E-state index in [1.165, 1.54) is 23.1 Å². The van der Waals surface area contributed by atoms with Gasteiger partial charge in [0.1, 0.15) is 18.1 Å². The van der Waals surface area contributed by atoms with Crippen LogP contribution >= 0.6 is 0 Å². The first-order chi connectivity index (χ1) is 13.7. The summed E-state index contributed by atoms with van der Waals surface area (Å²) in [5.74, 6) is -2.88. The second kappa shape index (κ2) is 9.67. The van der Waals surface area contributed by atoms with Crippen LogP contribution < -0.4 is 10.6 Å². The van der Waals surface area contributed by atoms with Gasteiger partial charge in [0, 0.05) is 17.7 Å². The summed E-state index contributed by atoms with van der Waals surface area (Å²) in [5.41, 5.74) is 0.616. The van der Waals surface area contributed by atoms with Crippen LogP contribution in [0.2, 0.25) is 0 Å². The second-order valence-electron chi connectivity index (χ2n) is 6.73. The highest BCUT2D eigenvalue weighted by molar-refractivity contribution is 5.98. The van der Waals surface area contributed by atoms with Crippen molar-refractivity contribution in [2.75, 3.05) is 13.1 Å². The first kappa shape index (κ1) is 21.9. The molecule has 3 amide bonds. The van der Waals surface area contributed by atoms with Crippen molar-refractivity contribution < 1.29 is 34.2 Å². The first-order valence-electron chi connectivity index (χ1n) is 9.08. The van der Waals surface area contributed by atoms with Crippen molar-refractivity contribution in [1.29, 1.82) is 0 Å². The summed E-state index contributed by atoms with van der Waals surface area (Å²) >= 11 is 0. The fourth-order valence-corrected chi connectivity index (χ4v) is 3.16. The average molecular weight is 405 g/mol. The number of phenolic OH excluding ortho intramolecular Hbond substituents is 1. The molecule has 4 N–H and O–H groups in total. The molecular weight excluding hydrogens is 382 g/mol. The summed E-state index contributed by atoms with van der Waals surface area (Å²) in [6, 6.07) is 2.47. The van der Waals surface area contributed by atoms with E-state index in [1.807, 2.05) is 0 Å². The van der Waals surface area contributed by atoms with Crippen LogP contribution in [0.15, 0.2) is 18.2 Å². The van der Waals surface area contributed by atoms with Crippen LogP contribution in [0.25, 0.3) is 0 Å². The zero-order chi connectivity index (χ0) is 21.6. The molecule has 10 nitrogen and oxygen atoms in total. The number of benzene rings is 1. The summed E-state index contributed by atoms with van der Waals surface area (Å²) < 4.78 is 0. The van der Waals surface area contributed by atoms with Crippen LogP contribution in [0.1, 0.15) is 35.2 Å². The molecule has 0 bridgehead atoms. The van der Waals surface area contributed by atoms with Crippen LogP contribution in [0, 0.1) is 6.92 Å². The molecule has 0 radical (unpaired) electrons. The highest BCUT2D eigenvalue weighted by Gasteiger charge is 2.35. The molecule has 1 aromatic rings. The minimum absolute atomic E-state index is 0.0358. The molecule has 29 heavy (non-hydrogen) atoms. The minimum atomic E-state index is -1.23. The highest BCUT2D eigenvalue weighted by Crippen LogP contribution is 2.20. The maximum absolute atomic E-state index is 12.5. The van der Waals surface area contributed by atoms with Crippen LogP contribution in [-0.4, -0.2) is 70.3 Å². The Hall–Kier alpha value is -3.43. The van der Waals surface area contributed by atoms with Gasteiger partial charge in [-0.3, -0.25) is 19.2 Å². The van der Waals surface area contributed by atoms with Gasteiger partial charge in [0.05, 0.1) is 19.0 Å². The molecule has 10 heteroatoms. The van der Waals surface area contributed by atoms with Gasteiger partial charge in [0.2, 0.25) is 11.8 Å². The van der Waals surface area contributed by atoms with Crippen molar-refractivity contribution in [1.82, 2.24) is 15.5 Å². The molecule has 1 heterocycles. The molecule has 156 valence electrons.